The Labute approximate surface area is 68.2 Å². The summed E-state index contributed by atoms with van der Waals surface area (Å²) in [6.45, 7) is 4.54. The van der Waals surface area contributed by atoms with E-state index in [1.165, 1.54) is 0 Å². The van der Waals surface area contributed by atoms with Gasteiger partial charge >= 0.3 is 0 Å². The Balaban J connectivity index is 3.51. The third-order valence-corrected chi connectivity index (χ3v) is 1.59. The van der Waals surface area contributed by atoms with Gasteiger partial charge in [-0.15, -0.1) is 0 Å². The molecule has 0 bridgehead atoms. The lowest BCUT2D eigenvalue weighted by Gasteiger charge is -2.23. The molecule has 0 saturated carbocycles. The second kappa shape index (κ2) is 6.54. The van der Waals surface area contributed by atoms with Crippen molar-refractivity contribution >= 4 is 0 Å². The van der Waals surface area contributed by atoms with Gasteiger partial charge in [0, 0.05) is 19.6 Å². The second-order valence-corrected chi connectivity index (χ2v) is 2.60. The van der Waals surface area contributed by atoms with E-state index in [0.29, 0.717) is 13.1 Å². The molecule has 0 aromatic heterocycles. The lowest BCUT2D eigenvalue weighted by molar-refractivity contribution is 0.0206. The maximum atomic E-state index is 9.20. The molecule has 0 aromatic carbocycles. The summed E-state index contributed by atoms with van der Waals surface area (Å²) in [7, 11) is 0. The molecule has 0 amide bonds. The molecule has 0 aromatic rings. The predicted octanol–water partition coefficient (Wildman–Crippen LogP) is -1.07. The Bertz CT molecular complexity index is 87.8. The first-order valence-electron chi connectivity index (χ1n) is 4.04. The van der Waals surface area contributed by atoms with Gasteiger partial charge in [-0.25, -0.2) is 0 Å². The van der Waals surface area contributed by atoms with Crippen molar-refractivity contribution in [2.24, 2.45) is 11.5 Å². The standard InChI is InChI=1S/C7H19N3O/c1-7(11)10(6-4-9)5-2-3-8/h7,11H,2-6,8-9H2,1H3. The number of aliphatic hydroxyl groups excluding tert-OH is 1. The molecule has 0 fully saturated rings. The van der Waals surface area contributed by atoms with Crippen molar-refractivity contribution in [3.05, 3.63) is 0 Å². The molecule has 4 nitrogen and oxygen atoms in total. The third kappa shape index (κ3) is 5.15. The fraction of sp³-hybridized carbons (Fsp3) is 1.00. The van der Waals surface area contributed by atoms with E-state index in [4.69, 9.17) is 11.5 Å². The molecule has 0 aliphatic heterocycles. The van der Waals surface area contributed by atoms with Gasteiger partial charge in [-0.2, -0.15) is 0 Å². The minimum atomic E-state index is -0.412. The minimum Gasteiger partial charge on any atom is -0.379 e. The van der Waals surface area contributed by atoms with E-state index < -0.39 is 6.23 Å². The van der Waals surface area contributed by atoms with Crippen molar-refractivity contribution in [2.45, 2.75) is 19.6 Å². The van der Waals surface area contributed by atoms with Crippen LogP contribution in [0.4, 0.5) is 0 Å². The zero-order valence-corrected chi connectivity index (χ0v) is 7.16. The highest BCUT2D eigenvalue weighted by atomic mass is 16.3. The number of nitrogens with two attached hydrogens (primary N) is 2. The number of aliphatic hydroxyl groups is 1. The summed E-state index contributed by atoms with van der Waals surface area (Å²) < 4.78 is 0. The fourth-order valence-electron chi connectivity index (χ4n) is 0.946. The van der Waals surface area contributed by atoms with Crippen molar-refractivity contribution in [3.63, 3.8) is 0 Å². The maximum absolute atomic E-state index is 9.20. The summed E-state index contributed by atoms with van der Waals surface area (Å²) in [6.07, 6.45) is 0.496. The Morgan fingerprint density at radius 3 is 2.27 bits per heavy atom. The minimum absolute atomic E-state index is 0.412. The van der Waals surface area contributed by atoms with E-state index in [0.717, 1.165) is 19.5 Å². The van der Waals surface area contributed by atoms with Gasteiger partial charge in [0.1, 0.15) is 6.23 Å². The van der Waals surface area contributed by atoms with Crippen molar-refractivity contribution in [1.82, 2.24) is 4.90 Å². The Hall–Kier alpha value is -0.160. The van der Waals surface area contributed by atoms with Gasteiger partial charge in [-0.1, -0.05) is 0 Å². The number of rotatable bonds is 6. The summed E-state index contributed by atoms with van der Waals surface area (Å²) >= 11 is 0. The molecule has 0 spiro atoms. The normalized spacial score (nSPS) is 13.9. The number of hydrogen-bond donors (Lipinski definition) is 3. The average molecular weight is 161 g/mol. The first kappa shape index (κ1) is 10.8. The van der Waals surface area contributed by atoms with Crippen LogP contribution in [0.25, 0.3) is 0 Å². The summed E-state index contributed by atoms with van der Waals surface area (Å²) in [5.41, 5.74) is 10.7. The van der Waals surface area contributed by atoms with Gasteiger partial charge in [0.15, 0.2) is 0 Å². The van der Waals surface area contributed by atoms with E-state index >= 15 is 0 Å². The van der Waals surface area contributed by atoms with Gasteiger partial charge in [0.25, 0.3) is 0 Å². The van der Waals surface area contributed by atoms with Gasteiger partial charge in [0.2, 0.25) is 0 Å². The van der Waals surface area contributed by atoms with Crippen molar-refractivity contribution in [1.29, 1.82) is 0 Å². The van der Waals surface area contributed by atoms with E-state index in [1.54, 1.807) is 6.92 Å². The van der Waals surface area contributed by atoms with Crippen LogP contribution in [0.1, 0.15) is 13.3 Å². The quantitative estimate of drug-likeness (QED) is 0.434. The molecule has 0 aliphatic carbocycles. The summed E-state index contributed by atoms with van der Waals surface area (Å²) in [4.78, 5) is 1.91. The van der Waals surface area contributed by atoms with E-state index in [2.05, 4.69) is 0 Å². The van der Waals surface area contributed by atoms with Crippen LogP contribution in [-0.2, 0) is 0 Å². The SMILES string of the molecule is CC(O)N(CCN)CCCN. The number of nitrogens with zero attached hydrogens (tertiary/aromatic N) is 1. The van der Waals surface area contributed by atoms with Crippen LogP contribution in [0.15, 0.2) is 0 Å². The van der Waals surface area contributed by atoms with Crippen molar-refractivity contribution < 1.29 is 5.11 Å². The zero-order chi connectivity index (χ0) is 8.69. The molecule has 11 heavy (non-hydrogen) atoms. The average Bonchev–Trinajstić information content (AvgIpc) is 1.97. The molecule has 0 saturated heterocycles. The molecule has 5 N–H and O–H groups in total. The molecule has 0 radical (unpaired) electrons. The molecule has 0 aliphatic rings. The smallest absolute Gasteiger partial charge is 0.104 e. The van der Waals surface area contributed by atoms with Crippen molar-refractivity contribution in [3.8, 4) is 0 Å². The predicted molar refractivity (Wildman–Crippen MR) is 46.0 cm³/mol. The summed E-state index contributed by atoms with van der Waals surface area (Å²) in [6, 6.07) is 0. The lowest BCUT2D eigenvalue weighted by atomic mass is 10.3. The monoisotopic (exact) mass is 161 g/mol. The zero-order valence-electron chi connectivity index (χ0n) is 7.16. The largest absolute Gasteiger partial charge is 0.379 e. The maximum Gasteiger partial charge on any atom is 0.104 e. The van der Waals surface area contributed by atoms with Crippen LogP contribution in [-0.4, -0.2) is 42.4 Å². The highest BCUT2D eigenvalue weighted by molar-refractivity contribution is 4.58. The number of hydrogen-bond acceptors (Lipinski definition) is 4. The van der Waals surface area contributed by atoms with Gasteiger partial charge in [-0.3, -0.25) is 4.90 Å². The molecule has 1 unspecified atom stereocenters. The fourth-order valence-corrected chi connectivity index (χ4v) is 0.946. The Kier molecular flexibility index (Phi) is 6.45. The molecule has 0 rings (SSSR count). The van der Waals surface area contributed by atoms with Gasteiger partial charge < -0.3 is 16.6 Å². The Morgan fingerprint density at radius 2 is 1.91 bits per heavy atom. The second-order valence-electron chi connectivity index (χ2n) is 2.60. The first-order chi connectivity index (χ1) is 5.22. The van der Waals surface area contributed by atoms with E-state index in [9.17, 15) is 5.11 Å². The van der Waals surface area contributed by atoms with Gasteiger partial charge in [-0.05, 0) is 19.9 Å². The van der Waals surface area contributed by atoms with E-state index in [-0.39, 0.29) is 0 Å². The van der Waals surface area contributed by atoms with Crippen LogP contribution in [0, 0.1) is 0 Å². The van der Waals surface area contributed by atoms with Crippen molar-refractivity contribution in [2.75, 3.05) is 26.2 Å². The van der Waals surface area contributed by atoms with E-state index in [1.807, 2.05) is 4.90 Å². The molecule has 4 heteroatoms. The molecular weight excluding hydrogens is 142 g/mol. The van der Waals surface area contributed by atoms with Crippen LogP contribution in [0.5, 0.6) is 0 Å². The first-order valence-corrected chi connectivity index (χ1v) is 4.04. The highest BCUT2D eigenvalue weighted by Gasteiger charge is 2.07. The molecule has 68 valence electrons. The van der Waals surface area contributed by atoms with Crippen LogP contribution >= 0.6 is 0 Å². The Morgan fingerprint density at radius 1 is 1.27 bits per heavy atom. The molecular formula is C7H19N3O. The third-order valence-electron chi connectivity index (χ3n) is 1.59. The topological polar surface area (TPSA) is 75.5 Å². The molecule has 1 atom stereocenters. The molecule has 0 heterocycles. The van der Waals surface area contributed by atoms with Crippen LogP contribution in [0.2, 0.25) is 0 Å². The van der Waals surface area contributed by atoms with Crippen LogP contribution in [0.3, 0.4) is 0 Å². The van der Waals surface area contributed by atoms with Gasteiger partial charge in [0.05, 0.1) is 0 Å². The highest BCUT2D eigenvalue weighted by Crippen LogP contribution is 1.94. The lowest BCUT2D eigenvalue weighted by Crippen LogP contribution is -2.38. The summed E-state index contributed by atoms with van der Waals surface area (Å²) in [5.74, 6) is 0. The summed E-state index contributed by atoms with van der Waals surface area (Å²) in [5, 5.41) is 9.20. The van der Waals surface area contributed by atoms with Crippen LogP contribution < -0.4 is 11.5 Å².